The molecule has 2 unspecified atom stereocenters. The van der Waals surface area contributed by atoms with Crippen molar-refractivity contribution >= 4 is 5.91 Å². The van der Waals surface area contributed by atoms with Crippen LogP contribution in [0, 0.1) is 5.82 Å². The summed E-state index contributed by atoms with van der Waals surface area (Å²) in [5.41, 5.74) is 0.765. The molecule has 1 N–H and O–H groups in total. The third-order valence-electron chi connectivity index (χ3n) is 3.66. The molecule has 4 nitrogen and oxygen atoms in total. The number of carbonyl (C=O) groups is 1. The third kappa shape index (κ3) is 4.02. The number of rotatable bonds is 7. The quantitative estimate of drug-likeness (QED) is 0.785. The van der Waals surface area contributed by atoms with Crippen LogP contribution in [0.2, 0.25) is 0 Å². The normalized spacial score (nSPS) is 22.0. The molecule has 2 rings (SSSR count). The first-order valence-electron chi connectivity index (χ1n) is 7.53. The minimum absolute atomic E-state index is 0.0309. The van der Waals surface area contributed by atoms with Crippen LogP contribution >= 0.6 is 0 Å². The Morgan fingerprint density at radius 2 is 2.19 bits per heavy atom. The number of benzene rings is 1. The fourth-order valence-corrected chi connectivity index (χ4v) is 2.48. The first-order chi connectivity index (χ1) is 10.1. The SMILES string of the molecule is CCCCOCCN1C(=O)C(C)NC1c1cccc(F)c1. The number of nitrogens with one attached hydrogen (secondary N) is 1. The maximum atomic E-state index is 13.4. The van der Waals surface area contributed by atoms with Crippen LogP contribution in [0.5, 0.6) is 0 Å². The van der Waals surface area contributed by atoms with Crippen molar-refractivity contribution in [2.75, 3.05) is 19.8 Å². The Morgan fingerprint density at radius 1 is 1.38 bits per heavy atom. The highest BCUT2D eigenvalue weighted by molar-refractivity contribution is 5.84. The van der Waals surface area contributed by atoms with Crippen LogP contribution in [0.25, 0.3) is 0 Å². The van der Waals surface area contributed by atoms with E-state index in [9.17, 15) is 9.18 Å². The molecule has 1 heterocycles. The van der Waals surface area contributed by atoms with Crippen LogP contribution in [0.1, 0.15) is 38.4 Å². The topological polar surface area (TPSA) is 41.6 Å². The van der Waals surface area contributed by atoms with Crippen LogP contribution in [0.3, 0.4) is 0 Å². The number of halogens is 1. The zero-order valence-corrected chi connectivity index (χ0v) is 12.6. The molecular formula is C16H23FN2O2. The summed E-state index contributed by atoms with van der Waals surface area (Å²) in [6.45, 7) is 5.67. The molecule has 1 aliphatic rings. The second-order valence-electron chi connectivity index (χ2n) is 5.34. The predicted molar refractivity (Wildman–Crippen MR) is 79.2 cm³/mol. The number of carbonyl (C=O) groups excluding carboxylic acids is 1. The fourth-order valence-electron chi connectivity index (χ4n) is 2.48. The van der Waals surface area contributed by atoms with Crippen molar-refractivity contribution in [3.05, 3.63) is 35.6 Å². The van der Waals surface area contributed by atoms with E-state index in [4.69, 9.17) is 4.74 Å². The number of unbranched alkanes of at least 4 members (excludes halogenated alkanes) is 1. The molecule has 2 atom stereocenters. The van der Waals surface area contributed by atoms with Crippen LogP contribution in [0.4, 0.5) is 4.39 Å². The Labute approximate surface area is 125 Å². The molecule has 0 radical (unpaired) electrons. The van der Waals surface area contributed by atoms with Crippen molar-refractivity contribution in [3.8, 4) is 0 Å². The molecule has 1 aromatic carbocycles. The third-order valence-corrected chi connectivity index (χ3v) is 3.66. The van der Waals surface area contributed by atoms with E-state index in [0.29, 0.717) is 19.8 Å². The molecule has 1 saturated heterocycles. The van der Waals surface area contributed by atoms with Crippen molar-refractivity contribution in [2.45, 2.75) is 38.9 Å². The van der Waals surface area contributed by atoms with Gasteiger partial charge in [0.05, 0.1) is 12.6 Å². The Balaban J connectivity index is 2.00. The highest BCUT2D eigenvalue weighted by Crippen LogP contribution is 2.25. The van der Waals surface area contributed by atoms with Gasteiger partial charge in [-0.3, -0.25) is 10.1 Å². The smallest absolute Gasteiger partial charge is 0.241 e. The Kier molecular flexibility index (Phi) is 5.70. The van der Waals surface area contributed by atoms with E-state index in [0.717, 1.165) is 18.4 Å². The molecule has 5 heteroatoms. The molecule has 0 aliphatic carbocycles. The second-order valence-corrected chi connectivity index (χ2v) is 5.34. The Bertz CT molecular complexity index is 481. The van der Waals surface area contributed by atoms with Crippen molar-refractivity contribution in [1.29, 1.82) is 0 Å². The number of hydrogen-bond donors (Lipinski definition) is 1. The molecular weight excluding hydrogens is 271 g/mol. The lowest BCUT2D eigenvalue weighted by Crippen LogP contribution is -2.33. The van der Waals surface area contributed by atoms with Crippen molar-refractivity contribution in [1.82, 2.24) is 10.2 Å². The fraction of sp³-hybridized carbons (Fsp3) is 0.562. The van der Waals surface area contributed by atoms with Crippen LogP contribution < -0.4 is 5.32 Å². The number of nitrogens with zero attached hydrogens (tertiary/aromatic N) is 1. The van der Waals surface area contributed by atoms with Gasteiger partial charge in [-0.25, -0.2) is 4.39 Å². The van der Waals surface area contributed by atoms with Gasteiger partial charge in [-0.05, 0) is 31.0 Å². The van der Waals surface area contributed by atoms with E-state index < -0.39 is 0 Å². The maximum Gasteiger partial charge on any atom is 0.241 e. The van der Waals surface area contributed by atoms with Crippen molar-refractivity contribution in [3.63, 3.8) is 0 Å². The summed E-state index contributed by atoms with van der Waals surface area (Å²) in [4.78, 5) is 13.9. The van der Waals surface area contributed by atoms with Gasteiger partial charge < -0.3 is 9.64 Å². The number of hydrogen-bond acceptors (Lipinski definition) is 3. The van der Waals surface area contributed by atoms with Gasteiger partial charge in [-0.15, -0.1) is 0 Å². The lowest BCUT2D eigenvalue weighted by molar-refractivity contribution is -0.130. The van der Waals surface area contributed by atoms with Gasteiger partial charge in [0.1, 0.15) is 12.0 Å². The van der Waals surface area contributed by atoms with Gasteiger partial charge in [0.25, 0.3) is 0 Å². The highest BCUT2D eigenvalue weighted by atomic mass is 19.1. The average molecular weight is 294 g/mol. The van der Waals surface area contributed by atoms with Gasteiger partial charge in [-0.1, -0.05) is 25.5 Å². The van der Waals surface area contributed by atoms with Gasteiger partial charge in [0.2, 0.25) is 5.91 Å². The van der Waals surface area contributed by atoms with E-state index in [1.54, 1.807) is 11.0 Å². The summed E-state index contributed by atoms with van der Waals surface area (Å²) >= 11 is 0. The predicted octanol–water partition coefficient (Wildman–Crippen LogP) is 2.46. The number of amides is 1. The van der Waals surface area contributed by atoms with E-state index >= 15 is 0 Å². The molecule has 1 fully saturated rings. The summed E-state index contributed by atoms with van der Waals surface area (Å²) in [6, 6.07) is 6.11. The molecule has 0 aromatic heterocycles. The largest absolute Gasteiger partial charge is 0.380 e. The van der Waals surface area contributed by atoms with E-state index in [2.05, 4.69) is 12.2 Å². The molecule has 0 spiro atoms. The highest BCUT2D eigenvalue weighted by Gasteiger charge is 2.36. The molecule has 21 heavy (non-hydrogen) atoms. The Morgan fingerprint density at radius 3 is 2.90 bits per heavy atom. The van der Waals surface area contributed by atoms with Gasteiger partial charge in [0, 0.05) is 13.2 Å². The maximum absolute atomic E-state index is 13.4. The molecule has 0 saturated carbocycles. The Hall–Kier alpha value is -1.46. The average Bonchev–Trinajstić information content (AvgIpc) is 2.75. The first kappa shape index (κ1) is 15.9. The van der Waals surface area contributed by atoms with Gasteiger partial charge >= 0.3 is 0 Å². The molecule has 0 bridgehead atoms. The van der Waals surface area contributed by atoms with Crippen LogP contribution in [0.15, 0.2) is 24.3 Å². The zero-order valence-electron chi connectivity index (χ0n) is 12.6. The summed E-state index contributed by atoms with van der Waals surface area (Å²) in [7, 11) is 0. The summed E-state index contributed by atoms with van der Waals surface area (Å²) in [5, 5.41) is 3.20. The lowest BCUT2D eigenvalue weighted by atomic mass is 10.1. The summed E-state index contributed by atoms with van der Waals surface area (Å²) < 4.78 is 18.9. The lowest BCUT2D eigenvalue weighted by Gasteiger charge is -2.24. The molecule has 1 aromatic rings. The molecule has 1 aliphatic heterocycles. The van der Waals surface area contributed by atoms with Crippen LogP contribution in [-0.4, -0.2) is 36.6 Å². The monoisotopic (exact) mass is 294 g/mol. The van der Waals surface area contributed by atoms with Gasteiger partial charge in [0.15, 0.2) is 0 Å². The van der Waals surface area contributed by atoms with Crippen molar-refractivity contribution < 1.29 is 13.9 Å². The van der Waals surface area contributed by atoms with Crippen LogP contribution in [-0.2, 0) is 9.53 Å². The summed E-state index contributed by atoms with van der Waals surface area (Å²) in [5.74, 6) is -0.260. The minimum atomic E-state index is -0.291. The minimum Gasteiger partial charge on any atom is -0.380 e. The van der Waals surface area contributed by atoms with Gasteiger partial charge in [-0.2, -0.15) is 0 Å². The first-order valence-corrected chi connectivity index (χ1v) is 7.53. The van der Waals surface area contributed by atoms with E-state index in [1.165, 1.54) is 12.1 Å². The molecule has 1 amide bonds. The van der Waals surface area contributed by atoms with E-state index in [1.807, 2.05) is 13.0 Å². The van der Waals surface area contributed by atoms with E-state index in [-0.39, 0.29) is 23.9 Å². The summed E-state index contributed by atoms with van der Waals surface area (Å²) in [6.07, 6.45) is 1.83. The zero-order chi connectivity index (χ0) is 15.2. The second kappa shape index (κ2) is 7.52. The number of ether oxygens (including phenoxy) is 1. The molecule has 116 valence electrons. The standard InChI is InChI=1S/C16H23FN2O2/c1-3-4-9-21-10-8-19-15(18-12(2)16(19)20)13-6-5-7-14(17)11-13/h5-7,11-12,15,18H,3-4,8-10H2,1-2H3. The van der Waals surface area contributed by atoms with Crippen molar-refractivity contribution in [2.24, 2.45) is 0 Å².